The van der Waals surface area contributed by atoms with E-state index in [2.05, 4.69) is 5.32 Å². The zero-order valence-electron chi connectivity index (χ0n) is 22.5. The first kappa shape index (κ1) is 28.2. The van der Waals surface area contributed by atoms with E-state index in [9.17, 15) is 23.6 Å². The van der Waals surface area contributed by atoms with Crippen molar-refractivity contribution in [1.82, 2.24) is 15.1 Å². The number of allylic oxidation sites excluding steroid dienone is 2. The number of carbonyl (C=O) groups is 4. The fourth-order valence-electron chi connectivity index (χ4n) is 5.25. The molecule has 1 aliphatic heterocycles. The summed E-state index contributed by atoms with van der Waals surface area (Å²) in [5.41, 5.74) is 1.14. The number of benzene rings is 2. The van der Waals surface area contributed by atoms with Crippen LogP contribution in [0.15, 0.2) is 66.7 Å². The van der Waals surface area contributed by atoms with Crippen LogP contribution in [0.25, 0.3) is 0 Å². The lowest BCUT2D eigenvalue weighted by Gasteiger charge is -2.33. The Morgan fingerprint density at radius 3 is 2.23 bits per heavy atom. The summed E-state index contributed by atoms with van der Waals surface area (Å²) >= 11 is 0. The first-order chi connectivity index (χ1) is 18.8. The van der Waals surface area contributed by atoms with Gasteiger partial charge in [0, 0.05) is 37.5 Å². The number of amides is 4. The van der Waals surface area contributed by atoms with Gasteiger partial charge in [-0.15, -0.1) is 0 Å². The van der Waals surface area contributed by atoms with Crippen molar-refractivity contribution in [2.24, 2.45) is 11.8 Å². The van der Waals surface area contributed by atoms with Gasteiger partial charge in [0.2, 0.25) is 23.6 Å². The molecule has 4 rings (SSSR count). The number of hydrogen-bond donors (Lipinski definition) is 1. The molecule has 4 atom stereocenters. The fraction of sp³-hybridized carbons (Fsp3) is 0.419. The van der Waals surface area contributed by atoms with Gasteiger partial charge in [-0.3, -0.25) is 24.1 Å². The summed E-state index contributed by atoms with van der Waals surface area (Å²) in [5, 5.41) is 2.98. The quantitative estimate of drug-likeness (QED) is 0.349. The molecule has 1 N–H and O–H groups in total. The third kappa shape index (κ3) is 6.61. The lowest BCUT2D eigenvalue weighted by atomic mass is 9.85. The van der Waals surface area contributed by atoms with Crippen molar-refractivity contribution >= 4 is 23.6 Å². The van der Waals surface area contributed by atoms with Gasteiger partial charge in [0.15, 0.2) is 0 Å². The van der Waals surface area contributed by atoms with E-state index in [1.807, 2.05) is 56.3 Å². The molecule has 1 saturated heterocycles. The van der Waals surface area contributed by atoms with Crippen molar-refractivity contribution in [3.8, 4) is 0 Å². The van der Waals surface area contributed by atoms with Crippen molar-refractivity contribution in [3.05, 3.63) is 83.7 Å². The van der Waals surface area contributed by atoms with Gasteiger partial charge in [-0.2, -0.15) is 0 Å². The van der Waals surface area contributed by atoms with E-state index in [4.69, 9.17) is 0 Å². The van der Waals surface area contributed by atoms with Gasteiger partial charge in [-0.05, 0) is 37.8 Å². The van der Waals surface area contributed by atoms with Crippen LogP contribution in [0.2, 0.25) is 0 Å². The lowest BCUT2D eigenvalue weighted by molar-refractivity contribution is -0.144. The summed E-state index contributed by atoms with van der Waals surface area (Å²) in [6.07, 6.45) is 5.67. The molecule has 0 bridgehead atoms. The van der Waals surface area contributed by atoms with Crippen LogP contribution in [0, 0.1) is 17.7 Å². The first-order valence-corrected chi connectivity index (χ1v) is 13.7. The SMILES string of the molecule is CCC(C)NC(=O)C(Cc1ccccc1)N(Cc1ccccc1F)C(=O)CCN1C(=O)[C@H]2CC=CC[C@H]2C1=O. The van der Waals surface area contributed by atoms with Crippen LogP contribution in [0.1, 0.15) is 50.7 Å². The minimum Gasteiger partial charge on any atom is -0.352 e. The predicted molar refractivity (Wildman–Crippen MR) is 145 cm³/mol. The molecule has 1 heterocycles. The molecular formula is C31H36FN3O4. The molecule has 2 aliphatic rings. The normalized spacial score (nSPS) is 19.9. The molecule has 206 valence electrons. The summed E-state index contributed by atoms with van der Waals surface area (Å²) in [5.74, 6) is -2.48. The largest absolute Gasteiger partial charge is 0.352 e. The van der Waals surface area contributed by atoms with Crippen LogP contribution in [0.5, 0.6) is 0 Å². The van der Waals surface area contributed by atoms with E-state index in [1.54, 1.807) is 18.2 Å². The number of rotatable bonds is 11. The maximum Gasteiger partial charge on any atom is 0.243 e. The Hall–Kier alpha value is -3.81. The molecule has 8 heteroatoms. The molecule has 2 aromatic carbocycles. The third-order valence-corrected chi connectivity index (χ3v) is 7.72. The number of carbonyl (C=O) groups excluding carboxylic acids is 4. The highest BCUT2D eigenvalue weighted by atomic mass is 19.1. The molecule has 4 amide bonds. The molecule has 1 fully saturated rings. The van der Waals surface area contributed by atoms with Gasteiger partial charge in [-0.1, -0.05) is 67.6 Å². The van der Waals surface area contributed by atoms with Crippen LogP contribution in [-0.2, 0) is 32.1 Å². The van der Waals surface area contributed by atoms with Crippen molar-refractivity contribution in [1.29, 1.82) is 0 Å². The molecule has 0 radical (unpaired) electrons. The van der Waals surface area contributed by atoms with E-state index in [1.165, 1.54) is 15.9 Å². The highest BCUT2D eigenvalue weighted by Gasteiger charge is 2.47. The number of nitrogens with one attached hydrogen (secondary N) is 1. The maximum absolute atomic E-state index is 14.7. The monoisotopic (exact) mass is 533 g/mol. The zero-order chi connectivity index (χ0) is 27.9. The van der Waals surface area contributed by atoms with E-state index in [0.29, 0.717) is 19.3 Å². The van der Waals surface area contributed by atoms with Gasteiger partial charge >= 0.3 is 0 Å². The lowest BCUT2D eigenvalue weighted by Crippen LogP contribution is -2.52. The predicted octanol–water partition coefficient (Wildman–Crippen LogP) is 4.02. The minimum absolute atomic E-state index is 0.0672. The number of nitrogens with zero attached hydrogens (tertiary/aromatic N) is 2. The Kier molecular flexibility index (Phi) is 9.28. The summed E-state index contributed by atoms with van der Waals surface area (Å²) in [4.78, 5) is 55.8. The van der Waals surface area contributed by atoms with E-state index < -0.39 is 17.8 Å². The van der Waals surface area contributed by atoms with Gasteiger partial charge in [0.25, 0.3) is 0 Å². The standard InChI is InChI=1S/C31H36FN3O4/c1-3-21(2)33-29(37)27(19-22-11-5-4-6-12-22)35(20-23-13-7-10-16-26(23)32)28(36)17-18-34-30(38)24-14-8-9-15-25(24)31(34)39/h4-13,16,21,24-25,27H,3,14-15,17-20H2,1-2H3,(H,33,37)/t21?,24-,25+,27?. The minimum atomic E-state index is -0.912. The van der Waals surface area contributed by atoms with Crippen LogP contribution < -0.4 is 5.32 Å². The molecule has 39 heavy (non-hydrogen) atoms. The second-order valence-corrected chi connectivity index (χ2v) is 10.4. The number of hydrogen-bond acceptors (Lipinski definition) is 4. The van der Waals surface area contributed by atoms with E-state index in [0.717, 1.165) is 5.56 Å². The highest BCUT2D eigenvalue weighted by molar-refractivity contribution is 6.05. The molecule has 0 saturated carbocycles. The Balaban J connectivity index is 1.60. The molecule has 2 aromatic rings. The topological polar surface area (TPSA) is 86.8 Å². The summed E-state index contributed by atoms with van der Waals surface area (Å²) in [6.45, 7) is 3.66. The van der Waals surface area contributed by atoms with E-state index in [-0.39, 0.29) is 67.1 Å². The van der Waals surface area contributed by atoms with Crippen molar-refractivity contribution < 1.29 is 23.6 Å². The Morgan fingerprint density at radius 1 is 1.00 bits per heavy atom. The second-order valence-electron chi connectivity index (χ2n) is 10.4. The average molecular weight is 534 g/mol. The molecule has 7 nitrogen and oxygen atoms in total. The molecule has 2 unspecified atom stereocenters. The number of halogens is 1. The van der Waals surface area contributed by atoms with Gasteiger partial charge in [0.1, 0.15) is 11.9 Å². The molecule has 0 spiro atoms. The Bertz CT molecular complexity index is 1210. The van der Waals surface area contributed by atoms with Crippen molar-refractivity contribution in [3.63, 3.8) is 0 Å². The van der Waals surface area contributed by atoms with Crippen LogP contribution in [-0.4, -0.2) is 52.1 Å². The second kappa shape index (κ2) is 12.8. The van der Waals surface area contributed by atoms with Gasteiger partial charge in [-0.25, -0.2) is 4.39 Å². The number of likely N-dealkylation sites (tertiary alicyclic amines) is 1. The molecule has 0 aromatic heterocycles. The smallest absolute Gasteiger partial charge is 0.243 e. The van der Waals surface area contributed by atoms with Crippen LogP contribution >= 0.6 is 0 Å². The van der Waals surface area contributed by atoms with E-state index >= 15 is 0 Å². The number of imide groups is 1. The van der Waals surface area contributed by atoms with Crippen molar-refractivity contribution in [2.45, 2.75) is 64.6 Å². The molecular weight excluding hydrogens is 497 g/mol. The third-order valence-electron chi connectivity index (χ3n) is 7.72. The Morgan fingerprint density at radius 2 is 1.62 bits per heavy atom. The summed E-state index contributed by atoms with van der Waals surface area (Å²) < 4.78 is 14.7. The average Bonchev–Trinajstić information content (AvgIpc) is 3.19. The highest BCUT2D eigenvalue weighted by Crippen LogP contribution is 2.35. The van der Waals surface area contributed by atoms with Crippen LogP contribution in [0.4, 0.5) is 4.39 Å². The Labute approximate surface area is 229 Å². The zero-order valence-corrected chi connectivity index (χ0v) is 22.5. The van der Waals surface area contributed by atoms with Gasteiger partial charge < -0.3 is 10.2 Å². The number of fused-ring (bicyclic) bond motifs is 1. The van der Waals surface area contributed by atoms with Crippen molar-refractivity contribution in [2.75, 3.05) is 6.54 Å². The van der Waals surface area contributed by atoms with Gasteiger partial charge in [0.05, 0.1) is 11.8 Å². The maximum atomic E-state index is 14.7. The van der Waals surface area contributed by atoms with Crippen LogP contribution in [0.3, 0.4) is 0 Å². The molecule has 1 aliphatic carbocycles. The summed E-state index contributed by atoms with van der Waals surface area (Å²) in [6, 6.07) is 14.5. The summed E-state index contributed by atoms with van der Waals surface area (Å²) in [7, 11) is 0. The fourth-order valence-corrected chi connectivity index (χ4v) is 5.25. The first-order valence-electron chi connectivity index (χ1n) is 13.7.